The monoisotopic (exact) mass is 532 g/mol. The summed E-state index contributed by atoms with van der Waals surface area (Å²) in [7, 11) is 0. The van der Waals surface area contributed by atoms with Crippen molar-refractivity contribution in [3.05, 3.63) is 105 Å². The van der Waals surface area contributed by atoms with E-state index >= 15 is 0 Å². The summed E-state index contributed by atoms with van der Waals surface area (Å²) in [4.78, 5) is 18.1. The number of oxime groups is 1. The molecule has 5 rings (SSSR count). The first-order valence-electron chi connectivity index (χ1n) is 11.3. The maximum atomic E-state index is 14.3. The van der Waals surface area contributed by atoms with Crippen molar-refractivity contribution in [3.8, 4) is 0 Å². The predicted molar refractivity (Wildman–Crippen MR) is 132 cm³/mol. The van der Waals surface area contributed by atoms with Gasteiger partial charge in [-0.25, -0.2) is 0 Å². The Hall–Kier alpha value is -3.03. The molecule has 1 saturated carbocycles. The Morgan fingerprint density at radius 3 is 2.22 bits per heavy atom. The van der Waals surface area contributed by atoms with Crippen molar-refractivity contribution in [2.24, 2.45) is 5.16 Å². The second-order valence-electron chi connectivity index (χ2n) is 9.22. The van der Waals surface area contributed by atoms with Crippen LogP contribution in [0.25, 0.3) is 0 Å². The van der Waals surface area contributed by atoms with E-state index in [1.807, 2.05) is 30.3 Å². The number of carbonyl (C=O) groups excluding carboxylic acids is 1. The van der Waals surface area contributed by atoms with Crippen LogP contribution >= 0.6 is 23.2 Å². The highest BCUT2D eigenvalue weighted by Crippen LogP contribution is 2.50. The van der Waals surface area contributed by atoms with Crippen LogP contribution in [0.4, 0.5) is 13.2 Å². The fourth-order valence-corrected chi connectivity index (χ4v) is 5.12. The van der Waals surface area contributed by atoms with Crippen LogP contribution in [-0.4, -0.2) is 17.8 Å². The van der Waals surface area contributed by atoms with Crippen molar-refractivity contribution in [1.82, 2.24) is 5.32 Å². The predicted octanol–water partition coefficient (Wildman–Crippen LogP) is 7.30. The van der Waals surface area contributed by atoms with Crippen LogP contribution in [-0.2, 0) is 16.0 Å². The van der Waals surface area contributed by atoms with Crippen LogP contribution in [0.3, 0.4) is 0 Å². The molecule has 2 aliphatic rings. The first-order valence-corrected chi connectivity index (χ1v) is 12.1. The summed E-state index contributed by atoms with van der Waals surface area (Å²) in [5, 5.41) is 7.05. The quantitative estimate of drug-likeness (QED) is 0.374. The van der Waals surface area contributed by atoms with E-state index in [1.165, 1.54) is 18.2 Å². The Labute approximate surface area is 216 Å². The zero-order chi connectivity index (χ0) is 25.7. The zero-order valence-corrected chi connectivity index (χ0v) is 20.6. The van der Waals surface area contributed by atoms with Gasteiger partial charge in [0.05, 0.1) is 11.3 Å². The van der Waals surface area contributed by atoms with E-state index in [0.29, 0.717) is 16.7 Å². The maximum Gasteiger partial charge on any atom is 0.435 e. The Kier molecular flexibility index (Phi) is 6.04. The van der Waals surface area contributed by atoms with Gasteiger partial charge in [0.1, 0.15) is 0 Å². The molecular formula is C27H21Cl2F3N2O2. The molecule has 4 nitrogen and oxygen atoms in total. The summed E-state index contributed by atoms with van der Waals surface area (Å²) in [6, 6.07) is 18.3. The lowest BCUT2D eigenvalue weighted by molar-refractivity contribution is -0.275. The molecule has 0 saturated heterocycles. The molecular weight excluding hydrogens is 512 g/mol. The summed E-state index contributed by atoms with van der Waals surface area (Å²) < 4.78 is 42.8. The zero-order valence-electron chi connectivity index (χ0n) is 19.1. The van der Waals surface area contributed by atoms with Gasteiger partial charge in [-0.15, -0.1) is 0 Å². The van der Waals surface area contributed by atoms with Crippen molar-refractivity contribution in [2.45, 2.75) is 43.5 Å². The minimum atomic E-state index is -4.78. The molecule has 9 heteroatoms. The number of benzene rings is 3. The van der Waals surface area contributed by atoms with Crippen molar-refractivity contribution in [1.29, 1.82) is 0 Å². The molecule has 1 N–H and O–H groups in total. The van der Waals surface area contributed by atoms with Crippen molar-refractivity contribution < 1.29 is 22.8 Å². The smallest absolute Gasteiger partial charge is 0.374 e. The van der Waals surface area contributed by atoms with Gasteiger partial charge < -0.3 is 10.2 Å². The topological polar surface area (TPSA) is 50.7 Å². The van der Waals surface area contributed by atoms with Crippen molar-refractivity contribution in [2.75, 3.05) is 0 Å². The average Bonchev–Trinajstić information content (AvgIpc) is 3.44. The van der Waals surface area contributed by atoms with Gasteiger partial charge >= 0.3 is 6.18 Å². The lowest BCUT2D eigenvalue weighted by Crippen LogP contribution is -2.42. The van der Waals surface area contributed by atoms with E-state index in [-0.39, 0.29) is 32.8 Å². The average molecular weight is 533 g/mol. The molecule has 0 radical (unpaired) electrons. The first kappa shape index (κ1) is 24.7. The molecule has 0 spiro atoms. The van der Waals surface area contributed by atoms with Gasteiger partial charge in [-0.05, 0) is 66.8 Å². The molecule has 1 unspecified atom stereocenters. The number of nitrogens with one attached hydrogen (secondary N) is 1. The molecule has 0 bridgehead atoms. The number of amides is 1. The van der Waals surface area contributed by atoms with Gasteiger partial charge in [-0.3, -0.25) is 4.79 Å². The molecule has 1 fully saturated rings. The highest BCUT2D eigenvalue weighted by molar-refractivity contribution is 6.34. The third kappa shape index (κ3) is 4.35. The normalized spacial score (nSPS) is 20.4. The number of aryl methyl sites for hydroxylation is 1. The number of halogens is 5. The number of hydrogen-bond donors (Lipinski definition) is 1. The third-order valence-electron chi connectivity index (χ3n) is 6.75. The van der Waals surface area contributed by atoms with Gasteiger partial charge in [0.2, 0.25) is 0 Å². The van der Waals surface area contributed by atoms with Crippen LogP contribution in [0.1, 0.15) is 51.9 Å². The van der Waals surface area contributed by atoms with Crippen LogP contribution in [0, 0.1) is 6.92 Å². The number of nitrogens with zero attached hydrogens (tertiary/aromatic N) is 1. The number of rotatable bonds is 5. The van der Waals surface area contributed by atoms with E-state index in [4.69, 9.17) is 28.0 Å². The van der Waals surface area contributed by atoms with E-state index in [1.54, 1.807) is 25.1 Å². The Bertz CT molecular complexity index is 1350. The van der Waals surface area contributed by atoms with Gasteiger partial charge in [0, 0.05) is 27.6 Å². The molecule has 1 amide bonds. The van der Waals surface area contributed by atoms with Crippen molar-refractivity contribution >= 4 is 34.8 Å². The summed E-state index contributed by atoms with van der Waals surface area (Å²) in [5.41, 5.74) is -0.652. The van der Waals surface area contributed by atoms with Gasteiger partial charge in [-0.2, -0.15) is 13.2 Å². The van der Waals surface area contributed by atoms with Gasteiger partial charge in [-0.1, -0.05) is 64.8 Å². The molecule has 1 atom stereocenters. The molecule has 3 aromatic carbocycles. The number of hydrogen-bond acceptors (Lipinski definition) is 3. The Morgan fingerprint density at radius 1 is 0.972 bits per heavy atom. The molecule has 1 aliphatic carbocycles. The standard InChI is InChI=1S/C27H21Cl2F3N2O2/c1-16-11-17(7-8-22(16)24(35)33-25(9-10-25)18-5-3-2-4-6-18)23-15-26(36-34-23,27(30,31)32)19-12-20(28)14-21(29)13-19/h2-8,11-14H,9-10,15H2,1H3,(H,33,35). The fraction of sp³-hybridized carbons (Fsp3) is 0.259. The SMILES string of the molecule is Cc1cc(C2=NOC(c3cc(Cl)cc(Cl)c3)(C(F)(F)F)C2)ccc1C(=O)NC1(c2ccccc2)CC1. The number of alkyl halides is 3. The minimum absolute atomic E-state index is 0.0633. The highest BCUT2D eigenvalue weighted by Gasteiger charge is 2.62. The van der Waals surface area contributed by atoms with Crippen LogP contribution < -0.4 is 5.32 Å². The van der Waals surface area contributed by atoms with E-state index in [9.17, 15) is 18.0 Å². The molecule has 36 heavy (non-hydrogen) atoms. The van der Waals surface area contributed by atoms with Crippen molar-refractivity contribution in [3.63, 3.8) is 0 Å². The summed E-state index contributed by atoms with van der Waals surface area (Å²) in [5.74, 6) is -0.233. The Morgan fingerprint density at radius 2 is 1.64 bits per heavy atom. The minimum Gasteiger partial charge on any atom is -0.374 e. The van der Waals surface area contributed by atoms with E-state index in [0.717, 1.165) is 18.4 Å². The molecule has 0 aromatic heterocycles. The second-order valence-corrected chi connectivity index (χ2v) is 10.1. The molecule has 186 valence electrons. The number of carbonyl (C=O) groups is 1. The van der Waals surface area contributed by atoms with Crippen LogP contribution in [0.5, 0.6) is 0 Å². The first-order chi connectivity index (χ1) is 17.0. The summed E-state index contributed by atoms with van der Waals surface area (Å²) in [6.07, 6.45) is -3.64. The largest absolute Gasteiger partial charge is 0.435 e. The van der Waals surface area contributed by atoms with Crippen LogP contribution in [0.2, 0.25) is 10.0 Å². The summed E-state index contributed by atoms with van der Waals surface area (Å²) in [6.45, 7) is 1.74. The van der Waals surface area contributed by atoms with Gasteiger partial charge in [0.15, 0.2) is 0 Å². The molecule has 1 heterocycles. The lowest BCUT2D eigenvalue weighted by atomic mass is 9.86. The van der Waals surface area contributed by atoms with Crippen LogP contribution in [0.15, 0.2) is 71.9 Å². The fourth-order valence-electron chi connectivity index (χ4n) is 4.60. The van der Waals surface area contributed by atoms with E-state index in [2.05, 4.69) is 10.5 Å². The maximum absolute atomic E-state index is 14.3. The van der Waals surface area contributed by atoms with Gasteiger partial charge in [0.25, 0.3) is 11.5 Å². The second kappa shape index (κ2) is 8.82. The van der Waals surface area contributed by atoms with E-state index < -0.39 is 18.2 Å². The lowest BCUT2D eigenvalue weighted by Gasteiger charge is -2.29. The third-order valence-corrected chi connectivity index (χ3v) is 7.18. The highest BCUT2D eigenvalue weighted by atomic mass is 35.5. The summed E-state index contributed by atoms with van der Waals surface area (Å²) >= 11 is 11.9. The molecule has 3 aromatic rings. The Balaban J connectivity index is 1.39. The molecule has 1 aliphatic heterocycles.